The van der Waals surface area contributed by atoms with Crippen molar-refractivity contribution in [3.63, 3.8) is 0 Å². The lowest BCUT2D eigenvalue weighted by molar-refractivity contribution is 0.00561. The van der Waals surface area contributed by atoms with Crippen LogP contribution in [0.1, 0.15) is 35.7 Å². The molecule has 0 spiro atoms. The van der Waals surface area contributed by atoms with E-state index in [9.17, 15) is 5.11 Å². The average molecular weight is 329 g/mol. The Bertz CT molecular complexity index is 614. The van der Waals surface area contributed by atoms with Gasteiger partial charge in [-0.2, -0.15) is 5.10 Å². The van der Waals surface area contributed by atoms with Gasteiger partial charge in [-0.3, -0.25) is 5.10 Å². The molecule has 1 aromatic heterocycles. The highest BCUT2D eigenvalue weighted by molar-refractivity contribution is 5.14. The average Bonchev–Trinajstić information content (AvgIpc) is 3.03. The minimum absolute atomic E-state index is 0.373. The van der Waals surface area contributed by atoms with Crippen LogP contribution in [0.15, 0.2) is 36.4 Å². The third kappa shape index (κ3) is 4.90. The molecule has 1 saturated heterocycles. The lowest BCUT2D eigenvalue weighted by Crippen LogP contribution is -2.40. The molecule has 1 aliphatic heterocycles. The summed E-state index contributed by atoms with van der Waals surface area (Å²) in [6.07, 6.45) is 1.86. The first-order valence-electron chi connectivity index (χ1n) is 8.74. The molecule has 2 atom stereocenters. The van der Waals surface area contributed by atoms with E-state index in [1.54, 1.807) is 0 Å². The topological polar surface area (TPSA) is 61.4 Å². The zero-order valence-corrected chi connectivity index (χ0v) is 14.3. The highest BCUT2D eigenvalue weighted by Gasteiger charge is 2.24. The molecule has 2 heterocycles. The number of nitrogens with zero attached hydrogens (tertiary/aromatic N) is 2. The summed E-state index contributed by atoms with van der Waals surface area (Å²) >= 11 is 0. The van der Waals surface area contributed by atoms with E-state index >= 15 is 0 Å². The van der Waals surface area contributed by atoms with Gasteiger partial charge < -0.3 is 14.7 Å². The number of hydrogen-bond donors (Lipinski definition) is 2. The number of nitrogens with one attached hydrogen (secondary N) is 1. The molecule has 0 aliphatic carbocycles. The third-order valence-corrected chi connectivity index (χ3v) is 4.54. The molecule has 2 N–H and O–H groups in total. The van der Waals surface area contributed by atoms with Gasteiger partial charge in [0.15, 0.2) is 0 Å². The van der Waals surface area contributed by atoms with Gasteiger partial charge in [0, 0.05) is 24.7 Å². The Kier molecular flexibility index (Phi) is 6.01. The van der Waals surface area contributed by atoms with E-state index in [1.807, 2.05) is 37.3 Å². The molecule has 0 amide bonds. The predicted octanol–water partition coefficient (Wildman–Crippen LogP) is 2.48. The fourth-order valence-corrected chi connectivity index (χ4v) is 3.35. The van der Waals surface area contributed by atoms with Crippen molar-refractivity contribution in [3.8, 4) is 0 Å². The number of β-amino-alcohol motifs (C(OH)–C–C–N with tert-alkyl or cyclic N) is 1. The van der Waals surface area contributed by atoms with E-state index < -0.39 is 6.10 Å². The molecule has 3 rings (SSSR count). The maximum atomic E-state index is 10.3. The van der Waals surface area contributed by atoms with E-state index in [0.29, 0.717) is 25.7 Å². The first kappa shape index (κ1) is 17.1. The van der Waals surface area contributed by atoms with Crippen LogP contribution in [0.25, 0.3) is 0 Å². The van der Waals surface area contributed by atoms with Crippen molar-refractivity contribution < 1.29 is 9.84 Å². The summed E-state index contributed by atoms with van der Waals surface area (Å²) in [6.45, 7) is 5.61. The monoisotopic (exact) mass is 329 g/mol. The summed E-state index contributed by atoms with van der Waals surface area (Å²) in [7, 11) is 0. The Balaban J connectivity index is 1.41. The predicted molar refractivity (Wildman–Crippen MR) is 93.8 cm³/mol. The SMILES string of the molecule is Cc1cc(C2CCCN(C[C@@H](O)COCc3ccccc3)C2)n[nH]1. The smallest absolute Gasteiger partial charge is 0.0900 e. The summed E-state index contributed by atoms with van der Waals surface area (Å²) in [5.41, 5.74) is 3.39. The van der Waals surface area contributed by atoms with Gasteiger partial charge in [-0.1, -0.05) is 30.3 Å². The zero-order chi connectivity index (χ0) is 16.8. The Morgan fingerprint density at radius 1 is 1.38 bits per heavy atom. The number of aromatic nitrogens is 2. The number of likely N-dealkylation sites (tertiary alicyclic amines) is 1. The maximum absolute atomic E-state index is 10.3. The van der Waals surface area contributed by atoms with Crippen molar-refractivity contribution >= 4 is 0 Å². The second-order valence-electron chi connectivity index (χ2n) is 6.73. The van der Waals surface area contributed by atoms with Crippen LogP contribution in [-0.4, -0.2) is 52.5 Å². The van der Waals surface area contributed by atoms with Crippen LogP contribution >= 0.6 is 0 Å². The Labute approximate surface area is 143 Å². The second-order valence-corrected chi connectivity index (χ2v) is 6.73. The number of aliphatic hydroxyl groups is 1. The van der Waals surface area contributed by atoms with Gasteiger partial charge in [0.05, 0.1) is 25.0 Å². The van der Waals surface area contributed by atoms with E-state index in [2.05, 4.69) is 21.2 Å². The normalized spacial score (nSPS) is 20.2. The Hall–Kier alpha value is -1.69. The molecule has 130 valence electrons. The molecular weight excluding hydrogens is 302 g/mol. The van der Waals surface area contributed by atoms with Gasteiger partial charge in [-0.25, -0.2) is 0 Å². The number of ether oxygens (including phenoxy) is 1. The summed E-state index contributed by atoms with van der Waals surface area (Å²) in [5.74, 6) is 0.459. The molecule has 5 nitrogen and oxygen atoms in total. The van der Waals surface area contributed by atoms with Crippen molar-refractivity contribution in [1.82, 2.24) is 15.1 Å². The standard InChI is InChI=1S/C19H27N3O2/c1-15-10-19(21-20-15)17-8-5-9-22(11-17)12-18(23)14-24-13-16-6-3-2-4-7-16/h2-4,6-7,10,17-18,23H,5,8-9,11-14H2,1H3,(H,20,21)/t17?,18-/m1/s1. The molecule has 1 aliphatic rings. The van der Waals surface area contributed by atoms with E-state index in [0.717, 1.165) is 36.5 Å². The van der Waals surface area contributed by atoms with Crippen molar-refractivity contribution in [3.05, 3.63) is 53.3 Å². The lowest BCUT2D eigenvalue weighted by Gasteiger charge is -2.33. The molecule has 5 heteroatoms. The summed E-state index contributed by atoms with van der Waals surface area (Å²) in [4.78, 5) is 2.33. The van der Waals surface area contributed by atoms with Gasteiger partial charge >= 0.3 is 0 Å². The zero-order valence-electron chi connectivity index (χ0n) is 14.3. The van der Waals surface area contributed by atoms with E-state index in [-0.39, 0.29) is 0 Å². The quantitative estimate of drug-likeness (QED) is 0.819. The number of aromatic amines is 1. The van der Waals surface area contributed by atoms with Gasteiger partial charge in [-0.05, 0) is 37.9 Å². The Morgan fingerprint density at radius 3 is 2.96 bits per heavy atom. The number of aliphatic hydroxyl groups excluding tert-OH is 1. The molecule has 1 fully saturated rings. The number of aryl methyl sites for hydroxylation is 1. The van der Waals surface area contributed by atoms with Crippen LogP contribution in [0.4, 0.5) is 0 Å². The fourth-order valence-electron chi connectivity index (χ4n) is 3.35. The summed E-state index contributed by atoms with van der Waals surface area (Å²) in [5, 5.41) is 17.7. The highest BCUT2D eigenvalue weighted by Crippen LogP contribution is 2.25. The molecule has 1 aromatic carbocycles. The number of rotatable bonds is 7. The van der Waals surface area contributed by atoms with Crippen LogP contribution in [0, 0.1) is 6.92 Å². The van der Waals surface area contributed by atoms with Crippen LogP contribution in [0.2, 0.25) is 0 Å². The largest absolute Gasteiger partial charge is 0.389 e. The van der Waals surface area contributed by atoms with Crippen molar-refractivity contribution in [2.75, 3.05) is 26.2 Å². The summed E-state index contributed by atoms with van der Waals surface area (Å²) < 4.78 is 5.64. The van der Waals surface area contributed by atoms with Gasteiger partial charge in [0.25, 0.3) is 0 Å². The molecule has 24 heavy (non-hydrogen) atoms. The van der Waals surface area contributed by atoms with Crippen LogP contribution in [0.3, 0.4) is 0 Å². The van der Waals surface area contributed by atoms with Crippen LogP contribution in [-0.2, 0) is 11.3 Å². The molecule has 0 bridgehead atoms. The molecule has 0 radical (unpaired) electrons. The van der Waals surface area contributed by atoms with Crippen LogP contribution in [0.5, 0.6) is 0 Å². The highest BCUT2D eigenvalue weighted by atomic mass is 16.5. The molecular formula is C19H27N3O2. The number of piperidine rings is 1. The van der Waals surface area contributed by atoms with E-state index in [1.165, 1.54) is 6.42 Å². The number of hydrogen-bond acceptors (Lipinski definition) is 4. The van der Waals surface area contributed by atoms with Gasteiger partial charge in [-0.15, -0.1) is 0 Å². The maximum Gasteiger partial charge on any atom is 0.0900 e. The minimum atomic E-state index is -0.451. The van der Waals surface area contributed by atoms with Crippen LogP contribution < -0.4 is 0 Å². The molecule has 1 unspecified atom stereocenters. The number of H-pyrrole nitrogens is 1. The van der Waals surface area contributed by atoms with Crippen molar-refractivity contribution in [1.29, 1.82) is 0 Å². The summed E-state index contributed by atoms with van der Waals surface area (Å²) in [6, 6.07) is 12.2. The Morgan fingerprint density at radius 2 is 2.21 bits per heavy atom. The van der Waals surface area contributed by atoms with E-state index in [4.69, 9.17) is 4.74 Å². The third-order valence-electron chi connectivity index (χ3n) is 4.54. The fraction of sp³-hybridized carbons (Fsp3) is 0.526. The molecule has 2 aromatic rings. The first-order chi connectivity index (χ1) is 11.7. The lowest BCUT2D eigenvalue weighted by atomic mass is 9.94. The first-order valence-corrected chi connectivity index (χ1v) is 8.74. The van der Waals surface area contributed by atoms with Crippen molar-refractivity contribution in [2.24, 2.45) is 0 Å². The van der Waals surface area contributed by atoms with Gasteiger partial charge in [0.2, 0.25) is 0 Å². The second kappa shape index (κ2) is 8.42. The molecule has 0 saturated carbocycles. The van der Waals surface area contributed by atoms with Crippen molar-refractivity contribution in [2.45, 2.75) is 38.4 Å². The minimum Gasteiger partial charge on any atom is -0.389 e. The van der Waals surface area contributed by atoms with Gasteiger partial charge in [0.1, 0.15) is 0 Å². The number of benzene rings is 1.